The van der Waals surface area contributed by atoms with E-state index in [0.717, 1.165) is 52.7 Å². The zero-order valence-corrected chi connectivity index (χ0v) is 26.3. The molecule has 3 heterocycles. The summed E-state index contributed by atoms with van der Waals surface area (Å²) >= 11 is 0. The van der Waals surface area contributed by atoms with Crippen molar-refractivity contribution in [3.63, 3.8) is 0 Å². The van der Waals surface area contributed by atoms with Crippen molar-refractivity contribution in [2.75, 3.05) is 32.8 Å². The molecule has 2 aromatic carbocycles. The third-order valence-electron chi connectivity index (χ3n) is 8.96. The lowest BCUT2D eigenvalue weighted by molar-refractivity contribution is -0.250. The third-order valence-corrected chi connectivity index (χ3v) is 8.96. The Balaban J connectivity index is 1.21. The number of hydrogen-bond donors (Lipinski definition) is 6. The number of aliphatic hydroxyl groups excluding tert-OH is 4. The summed E-state index contributed by atoms with van der Waals surface area (Å²) in [6, 6.07) is 14.1. The quantitative estimate of drug-likeness (QED) is 0.197. The molecule has 0 spiro atoms. The van der Waals surface area contributed by atoms with Gasteiger partial charge in [0.1, 0.15) is 30.0 Å². The van der Waals surface area contributed by atoms with E-state index < -0.39 is 42.8 Å². The molecule has 11 heteroatoms. The standard InChI is InChI=1S/C34H46N4O7/c1-21-6-4-8-25-28(21)24(19-38(25)32-31(43)30(42)29(41)26(20-39)45-32)18-23-12-10-22(11-13-23)7-5-9-27(40)36-34(2,3)33(44)37-16-14-35-15-17-37/h4,6,8,10-13,19,26,29-32,35,39,41-43H,5,7,9,14-18,20H2,1-3H3,(H,36,40)/t26-,29-,30+,31-,32-/m1/s1. The van der Waals surface area contributed by atoms with Crippen molar-refractivity contribution in [3.8, 4) is 0 Å². The zero-order chi connectivity index (χ0) is 32.3. The molecule has 2 fully saturated rings. The number of amides is 2. The highest BCUT2D eigenvalue weighted by atomic mass is 16.6. The fourth-order valence-corrected chi connectivity index (χ4v) is 6.47. The number of carbonyl (C=O) groups excluding carboxylic acids is 2. The fourth-order valence-electron chi connectivity index (χ4n) is 6.47. The first-order valence-electron chi connectivity index (χ1n) is 15.8. The first-order chi connectivity index (χ1) is 21.5. The monoisotopic (exact) mass is 622 g/mol. The number of carbonyl (C=O) groups is 2. The molecule has 244 valence electrons. The van der Waals surface area contributed by atoms with Crippen LogP contribution in [0.4, 0.5) is 0 Å². The molecule has 0 bridgehead atoms. The summed E-state index contributed by atoms with van der Waals surface area (Å²) in [5.74, 6) is -0.189. The van der Waals surface area contributed by atoms with Gasteiger partial charge in [0.2, 0.25) is 11.8 Å². The van der Waals surface area contributed by atoms with Gasteiger partial charge in [-0.05, 0) is 68.4 Å². The largest absolute Gasteiger partial charge is 0.394 e. The van der Waals surface area contributed by atoms with Crippen molar-refractivity contribution in [2.45, 2.75) is 82.6 Å². The Labute approximate surface area is 263 Å². The molecule has 5 atom stereocenters. The van der Waals surface area contributed by atoms with Gasteiger partial charge in [-0.15, -0.1) is 0 Å². The van der Waals surface area contributed by atoms with Crippen LogP contribution in [0.5, 0.6) is 0 Å². The predicted octanol–water partition coefficient (Wildman–Crippen LogP) is 1.16. The van der Waals surface area contributed by atoms with Crippen LogP contribution in [-0.4, -0.2) is 104 Å². The van der Waals surface area contributed by atoms with E-state index in [0.29, 0.717) is 32.4 Å². The topological polar surface area (TPSA) is 157 Å². The summed E-state index contributed by atoms with van der Waals surface area (Å²) in [7, 11) is 0. The molecule has 0 unspecified atom stereocenters. The highest BCUT2D eigenvalue weighted by Crippen LogP contribution is 2.35. The SMILES string of the molecule is Cc1cccc2c1c(Cc1ccc(CCCC(=O)NC(C)(C)C(=O)N3CCNCC3)cc1)cn2[C@@H]1O[C@H](CO)[C@@H](O)[C@H](O)[C@H]1O. The molecular weight excluding hydrogens is 576 g/mol. The van der Waals surface area contributed by atoms with Gasteiger partial charge in [-0.25, -0.2) is 0 Å². The van der Waals surface area contributed by atoms with E-state index >= 15 is 0 Å². The minimum Gasteiger partial charge on any atom is -0.394 e. The predicted molar refractivity (Wildman–Crippen MR) is 170 cm³/mol. The van der Waals surface area contributed by atoms with Crippen LogP contribution in [0.15, 0.2) is 48.7 Å². The number of aliphatic hydroxyl groups is 4. The summed E-state index contributed by atoms with van der Waals surface area (Å²) < 4.78 is 7.64. The van der Waals surface area contributed by atoms with Gasteiger partial charge in [0.25, 0.3) is 0 Å². The minimum absolute atomic E-state index is 0.0561. The summed E-state index contributed by atoms with van der Waals surface area (Å²) in [6.07, 6.45) is -2.00. The van der Waals surface area contributed by atoms with E-state index in [1.807, 2.05) is 31.3 Å². The second-order valence-electron chi connectivity index (χ2n) is 12.8. The van der Waals surface area contributed by atoms with Crippen LogP contribution >= 0.6 is 0 Å². The van der Waals surface area contributed by atoms with Gasteiger partial charge < -0.3 is 45.3 Å². The Hall–Kier alpha value is -3.32. The lowest BCUT2D eigenvalue weighted by atomic mass is 9.98. The van der Waals surface area contributed by atoms with Crippen molar-refractivity contribution >= 4 is 22.7 Å². The number of piperazine rings is 1. The van der Waals surface area contributed by atoms with Crippen molar-refractivity contribution in [3.05, 3.63) is 70.9 Å². The normalized spacial score (nSPS) is 24.2. The molecule has 45 heavy (non-hydrogen) atoms. The second-order valence-corrected chi connectivity index (χ2v) is 12.8. The number of benzene rings is 2. The smallest absolute Gasteiger partial charge is 0.247 e. The van der Waals surface area contributed by atoms with E-state index in [2.05, 4.69) is 34.9 Å². The molecule has 0 aliphatic carbocycles. The molecule has 2 amide bonds. The van der Waals surface area contributed by atoms with Crippen molar-refractivity contribution in [2.24, 2.45) is 0 Å². The van der Waals surface area contributed by atoms with E-state index in [-0.39, 0.29) is 11.8 Å². The Morgan fingerprint density at radius 3 is 2.38 bits per heavy atom. The third kappa shape index (κ3) is 7.24. The number of hydrogen-bond acceptors (Lipinski definition) is 8. The first-order valence-corrected chi connectivity index (χ1v) is 15.8. The molecule has 2 aliphatic heterocycles. The van der Waals surface area contributed by atoms with Crippen LogP contribution in [0.1, 0.15) is 55.2 Å². The second kappa shape index (κ2) is 14.0. The Morgan fingerprint density at radius 1 is 1.00 bits per heavy atom. The maximum atomic E-state index is 12.9. The summed E-state index contributed by atoms with van der Waals surface area (Å²) in [4.78, 5) is 27.4. The van der Waals surface area contributed by atoms with Crippen LogP contribution in [-0.2, 0) is 27.2 Å². The lowest BCUT2D eigenvalue weighted by Crippen LogP contribution is -2.59. The fraction of sp³-hybridized carbons (Fsp3) is 0.529. The number of fused-ring (bicyclic) bond motifs is 1. The van der Waals surface area contributed by atoms with E-state index in [1.54, 1.807) is 23.3 Å². The Bertz CT molecular complexity index is 1480. The molecular formula is C34H46N4O7. The maximum absolute atomic E-state index is 12.9. The molecule has 3 aromatic rings. The average molecular weight is 623 g/mol. The summed E-state index contributed by atoms with van der Waals surface area (Å²) in [5.41, 5.74) is 4.15. The molecule has 2 aliphatic rings. The molecule has 5 rings (SSSR count). The molecule has 11 nitrogen and oxygen atoms in total. The van der Waals surface area contributed by atoms with Gasteiger partial charge in [-0.3, -0.25) is 9.59 Å². The molecule has 2 saturated heterocycles. The molecule has 1 aromatic heterocycles. The van der Waals surface area contributed by atoms with Crippen molar-refractivity contribution < 1.29 is 34.8 Å². The number of nitrogens with one attached hydrogen (secondary N) is 2. The lowest BCUT2D eigenvalue weighted by Gasteiger charge is -2.40. The van der Waals surface area contributed by atoms with Crippen molar-refractivity contribution in [1.82, 2.24) is 20.1 Å². The first kappa shape index (κ1) is 33.1. The maximum Gasteiger partial charge on any atom is 0.247 e. The minimum atomic E-state index is -1.46. The summed E-state index contributed by atoms with van der Waals surface area (Å²) in [5, 5.41) is 48.3. The van der Waals surface area contributed by atoms with Crippen LogP contribution < -0.4 is 10.6 Å². The van der Waals surface area contributed by atoms with E-state index in [9.17, 15) is 30.0 Å². The number of ether oxygens (including phenoxy) is 1. The Morgan fingerprint density at radius 2 is 1.69 bits per heavy atom. The number of nitrogens with zero attached hydrogens (tertiary/aromatic N) is 2. The van der Waals surface area contributed by atoms with Crippen LogP contribution in [0.25, 0.3) is 10.9 Å². The average Bonchev–Trinajstić information content (AvgIpc) is 3.39. The highest BCUT2D eigenvalue weighted by Gasteiger charge is 2.44. The van der Waals surface area contributed by atoms with Gasteiger partial charge in [-0.1, -0.05) is 36.4 Å². The van der Waals surface area contributed by atoms with Crippen LogP contribution in [0.2, 0.25) is 0 Å². The molecule has 6 N–H and O–H groups in total. The van der Waals surface area contributed by atoms with Gasteiger partial charge in [-0.2, -0.15) is 0 Å². The Kier molecular flexibility index (Phi) is 10.3. The highest BCUT2D eigenvalue weighted by molar-refractivity contribution is 5.91. The number of rotatable bonds is 10. The summed E-state index contributed by atoms with van der Waals surface area (Å²) in [6.45, 7) is 7.87. The number of aryl methyl sites for hydroxylation is 2. The van der Waals surface area contributed by atoms with Crippen LogP contribution in [0.3, 0.4) is 0 Å². The van der Waals surface area contributed by atoms with Gasteiger partial charge >= 0.3 is 0 Å². The van der Waals surface area contributed by atoms with E-state index in [4.69, 9.17) is 4.74 Å². The zero-order valence-electron chi connectivity index (χ0n) is 26.3. The van der Waals surface area contributed by atoms with Gasteiger partial charge in [0.15, 0.2) is 6.23 Å². The van der Waals surface area contributed by atoms with Gasteiger partial charge in [0, 0.05) is 44.2 Å². The van der Waals surface area contributed by atoms with E-state index in [1.165, 1.54) is 0 Å². The van der Waals surface area contributed by atoms with Crippen molar-refractivity contribution in [1.29, 1.82) is 0 Å². The van der Waals surface area contributed by atoms with Crippen LogP contribution in [0, 0.1) is 6.92 Å². The number of aromatic nitrogens is 1. The van der Waals surface area contributed by atoms with Gasteiger partial charge in [0.05, 0.1) is 12.1 Å². The molecule has 0 saturated carbocycles. The molecule has 0 radical (unpaired) electrons.